The van der Waals surface area contributed by atoms with Gasteiger partial charge in [0.25, 0.3) is 10.0 Å². The molecule has 2 rings (SSSR count). The van der Waals surface area contributed by atoms with Crippen LogP contribution in [0.25, 0.3) is 0 Å². The highest BCUT2D eigenvalue weighted by Gasteiger charge is 2.13. The molecule has 21 heavy (non-hydrogen) atoms. The monoisotopic (exact) mass is 343 g/mol. The summed E-state index contributed by atoms with van der Waals surface area (Å²) in [7, 11) is -3.60. The number of rotatable bonds is 6. The fourth-order valence-electron chi connectivity index (χ4n) is 1.89. The predicted molar refractivity (Wildman–Crippen MR) is 87.7 cm³/mol. The van der Waals surface area contributed by atoms with E-state index in [1.807, 2.05) is 18.2 Å². The van der Waals surface area contributed by atoms with Crippen LogP contribution < -0.4 is 4.72 Å². The highest BCUT2D eigenvalue weighted by Crippen LogP contribution is 2.19. The van der Waals surface area contributed by atoms with Gasteiger partial charge in [-0.25, -0.2) is 8.42 Å². The van der Waals surface area contributed by atoms with Crippen LogP contribution in [0.15, 0.2) is 53.4 Å². The Labute approximate surface area is 135 Å². The zero-order valence-electron chi connectivity index (χ0n) is 11.2. The number of sulfonamides is 1. The zero-order chi connectivity index (χ0) is 15.3. The molecule has 6 heteroatoms. The summed E-state index contributed by atoms with van der Waals surface area (Å²) in [6.45, 7) is 0. The van der Waals surface area contributed by atoms with E-state index < -0.39 is 10.0 Å². The molecule has 2 aromatic carbocycles. The quantitative estimate of drug-likeness (QED) is 0.794. The van der Waals surface area contributed by atoms with Crippen LogP contribution in [0, 0.1) is 0 Å². The Balaban J connectivity index is 2.18. The maximum absolute atomic E-state index is 12.3. The summed E-state index contributed by atoms with van der Waals surface area (Å²) in [5.41, 5.74) is 1.59. The molecule has 0 unspecified atom stereocenters. The normalized spacial score (nSPS) is 11.3. The second-order valence-electron chi connectivity index (χ2n) is 4.55. The van der Waals surface area contributed by atoms with Gasteiger partial charge >= 0.3 is 0 Å². The molecule has 0 aliphatic heterocycles. The first-order valence-electron chi connectivity index (χ1n) is 6.44. The Morgan fingerprint density at radius 3 is 2.43 bits per heavy atom. The minimum atomic E-state index is -3.60. The van der Waals surface area contributed by atoms with Crippen LogP contribution in [0.4, 0.5) is 5.69 Å². The molecule has 0 fully saturated rings. The van der Waals surface area contributed by atoms with E-state index in [1.165, 1.54) is 12.1 Å². The van der Waals surface area contributed by atoms with Gasteiger partial charge in [-0.2, -0.15) is 0 Å². The maximum Gasteiger partial charge on any atom is 0.261 e. The van der Waals surface area contributed by atoms with Crippen molar-refractivity contribution in [2.45, 2.75) is 17.7 Å². The van der Waals surface area contributed by atoms with Gasteiger partial charge in [0.1, 0.15) is 0 Å². The van der Waals surface area contributed by atoms with Crippen molar-refractivity contribution in [2.24, 2.45) is 0 Å². The molecule has 0 heterocycles. The van der Waals surface area contributed by atoms with E-state index in [0.717, 1.165) is 18.4 Å². The lowest BCUT2D eigenvalue weighted by molar-refractivity contribution is 0.601. The Kier molecular flexibility index (Phi) is 5.51. The molecule has 0 amide bonds. The SMILES string of the molecule is O=S(=O)(Nc1cccc(CCCCl)c1)c1ccc(Cl)cc1. The fraction of sp³-hybridized carbons (Fsp3) is 0.200. The van der Waals surface area contributed by atoms with Crippen LogP contribution >= 0.6 is 23.2 Å². The Bertz CT molecular complexity index is 700. The van der Waals surface area contributed by atoms with Crippen molar-refractivity contribution in [3.8, 4) is 0 Å². The smallest absolute Gasteiger partial charge is 0.261 e. The standard InChI is InChI=1S/C15H15Cl2NO2S/c16-10-2-4-12-3-1-5-14(11-12)18-21(19,20)15-8-6-13(17)7-9-15/h1,3,5-9,11,18H,2,4,10H2. The van der Waals surface area contributed by atoms with Crippen LogP contribution in [0.1, 0.15) is 12.0 Å². The lowest BCUT2D eigenvalue weighted by Crippen LogP contribution is -2.12. The van der Waals surface area contributed by atoms with E-state index >= 15 is 0 Å². The van der Waals surface area contributed by atoms with Gasteiger partial charge in [0, 0.05) is 16.6 Å². The third-order valence-electron chi connectivity index (χ3n) is 2.90. The highest BCUT2D eigenvalue weighted by atomic mass is 35.5. The Morgan fingerprint density at radius 1 is 1.05 bits per heavy atom. The maximum atomic E-state index is 12.3. The lowest BCUT2D eigenvalue weighted by atomic mass is 10.1. The number of alkyl halides is 1. The molecule has 112 valence electrons. The highest BCUT2D eigenvalue weighted by molar-refractivity contribution is 7.92. The summed E-state index contributed by atoms with van der Waals surface area (Å²) < 4.78 is 27.1. The fourth-order valence-corrected chi connectivity index (χ4v) is 3.20. The van der Waals surface area contributed by atoms with Crippen molar-refractivity contribution in [3.63, 3.8) is 0 Å². The van der Waals surface area contributed by atoms with Crippen molar-refractivity contribution in [1.82, 2.24) is 0 Å². The summed E-state index contributed by atoms with van der Waals surface area (Å²) in [5.74, 6) is 0.584. The van der Waals surface area contributed by atoms with Crippen molar-refractivity contribution >= 4 is 38.9 Å². The number of nitrogens with one attached hydrogen (secondary N) is 1. The minimum absolute atomic E-state index is 0.179. The average molecular weight is 344 g/mol. The lowest BCUT2D eigenvalue weighted by Gasteiger charge is -2.09. The minimum Gasteiger partial charge on any atom is -0.280 e. The first-order valence-corrected chi connectivity index (χ1v) is 8.84. The summed E-state index contributed by atoms with van der Waals surface area (Å²) in [5, 5.41) is 0.497. The summed E-state index contributed by atoms with van der Waals surface area (Å²) in [6.07, 6.45) is 1.68. The van der Waals surface area contributed by atoms with E-state index in [2.05, 4.69) is 4.72 Å². The van der Waals surface area contributed by atoms with E-state index in [1.54, 1.807) is 18.2 Å². The van der Waals surface area contributed by atoms with E-state index in [4.69, 9.17) is 23.2 Å². The second kappa shape index (κ2) is 7.16. The first kappa shape index (κ1) is 16.1. The molecule has 3 nitrogen and oxygen atoms in total. The van der Waals surface area contributed by atoms with Gasteiger partial charge in [-0.1, -0.05) is 23.7 Å². The molecule has 0 saturated carbocycles. The Morgan fingerprint density at radius 2 is 1.76 bits per heavy atom. The predicted octanol–water partition coefficient (Wildman–Crippen LogP) is 4.31. The number of benzene rings is 2. The van der Waals surface area contributed by atoms with Gasteiger partial charge in [-0.05, 0) is 54.8 Å². The molecule has 2 aromatic rings. The van der Waals surface area contributed by atoms with Crippen molar-refractivity contribution < 1.29 is 8.42 Å². The average Bonchev–Trinajstić information content (AvgIpc) is 2.45. The summed E-state index contributed by atoms with van der Waals surface area (Å²) in [6, 6.07) is 13.4. The number of aryl methyl sites for hydroxylation is 1. The number of hydrogen-bond donors (Lipinski definition) is 1. The van der Waals surface area contributed by atoms with Crippen LogP contribution in [0.3, 0.4) is 0 Å². The molecule has 0 aliphatic carbocycles. The molecule has 0 saturated heterocycles. The molecular formula is C15H15Cl2NO2S. The van der Waals surface area contributed by atoms with Crippen molar-refractivity contribution in [2.75, 3.05) is 10.6 Å². The summed E-state index contributed by atoms with van der Waals surface area (Å²) >= 11 is 11.4. The molecule has 0 radical (unpaired) electrons. The number of halogens is 2. The van der Waals surface area contributed by atoms with Crippen LogP contribution in [0.2, 0.25) is 5.02 Å². The van der Waals surface area contributed by atoms with Crippen LogP contribution in [0.5, 0.6) is 0 Å². The van der Waals surface area contributed by atoms with E-state index in [9.17, 15) is 8.42 Å². The molecular weight excluding hydrogens is 329 g/mol. The van der Waals surface area contributed by atoms with Gasteiger partial charge in [-0.15, -0.1) is 11.6 Å². The van der Waals surface area contributed by atoms with Gasteiger partial charge in [0.2, 0.25) is 0 Å². The number of anilines is 1. The van der Waals surface area contributed by atoms with Crippen molar-refractivity contribution in [3.05, 3.63) is 59.1 Å². The third kappa shape index (κ3) is 4.63. The van der Waals surface area contributed by atoms with Crippen LogP contribution in [-0.2, 0) is 16.4 Å². The third-order valence-corrected chi connectivity index (χ3v) is 4.82. The van der Waals surface area contributed by atoms with Gasteiger partial charge in [0.05, 0.1) is 4.90 Å². The van der Waals surface area contributed by atoms with Crippen LogP contribution in [-0.4, -0.2) is 14.3 Å². The molecule has 0 atom stereocenters. The molecule has 0 spiro atoms. The molecule has 0 aliphatic rings. The zero-order valence-corrected chi connectivity index (χ0v) is 13.5. The topological polar surface area (TPSA) is 46.2 Å². The Hall–Kier alpha value is -1.23. The molecule has 0 bridgehead atoms. The molecule has 1 N–H and O–H groups in total. The van der Waals surface area contributed by atoms with Gasteiger partial charge in [0.15, 0.2) is 0 Å². The largest absolute Gasteiger partial charge is 0.280 e. The van der Waals surface area contributed by atoms with Crippen molar-refractivity contribution in [1.29, 1.82) is 0 Å². The summed E-state index contributed by atoms with van der Waals surface area (Å²) in [4.78, 5) is 0.179. The van der Waals surface area contributed by atoms with Gasteiger partial charge < -0.3 is 0 Å². The van der Waals surface area contributed by atoms with Gasteiger partial charge in [-0.3, -0.25) is 4.72 Å². The first-order chi connectivity index (χ1) is 10.0. The van der Waals surface area contributed by atoms with E-state index in [-0.39, 0.29) is 4.90 Å². The van der Waals surface area contributed by atoms with E-state index in [0.29, 0.717) is 16.6 Å². The molecule has 0 aromatic heterocycles. The number of hydrogen-bond acceptors (Lipinski definition) is 2. The second-order valence-corrected chi connectivity index (χ2v) is 7.05.